The molecule has 4 heterocycles. The van der Waals surface area contributed by atoms with Crippen LogP contribution in [0.3, 0.4) is 0 Å². The SMILES string of the molecule is CC(=O)N1CC(Cc2c3n(ccc2=O)N[C@@H]2COCCN2C3=O)C1. The van der Waals surface area contributed by atoms with Crippen molar-refractivity contribution in [3.8, 4) is 0 Å². The van der Waals surface area contributed by atoms with Crippen LogP contribution in [-0.4, -0.2) is 65.3 Å². The molecule has 0 bridgehead atoms. The van der Waals surface area contributed by atoms with Gasteiger partial charge in [0.1, 0.15) is 11.9 Å². The van der Waals surface area contributed by atoms with Crippen molar-refractivity contribution < 1.29 is 14.3 Å². The lowest BCUT2D eigenvalue weighted by Crippen LogP contribution is -2.59. The number of nitrogens with zero attached hydrogens (tertiary/aromatic N) is 3. The molecule has 2 fully saturated rings. The monoisotopic (exact) mass is 332 g/mol. The molecule has 0 spiro atoms. The molecule has 1 atom stereocenters. The van der Waals surface area contributed by atoms with E-state index in [1.807, 2.05) is 0 Å². The normalized spacial score (nSPS) is 23.2. The summed E-state index contributed by atoms with van der Waals surface area (Å²) in [6, 6.07) is 1.49. The number of fused-ring (bicyclic) bond motifs is 2. The Balaban J connectivity index is 1.63. The molecule has 0 saturated carbocycles. The minimum absolute atomic E-state index is 0.0481. The molecule has 3 aliphatic heterocycles. The minimum atomic E-state index is -0.203. The second-order valence-corrected chi connectivity index (χ2v) is 6.59. The van der Waals surface area contributed by atoms with Crippen molar-refractivity contribution in [2.24, 2.45) is 5.92 Å². The van der Waals surface area contributed by atoms with Crippen LogP contribution in [0.2, 0.25) is 0 Å². The summed E-state index contributed by atoms with van der Waals surface area (Å²) in [5.41, 5.74) is 4.06. The van der Waals surface area contributed by atoms with Crippen molar-refractivity contribution in [1.29, 1.82) is 0 Å². The molecule has 0 unspecified atom stereocenters. The lowest BCUT2D eigenvalue weighted by atomic mass is 9.90. The molecule has 0 aromatic carbocycles. The Morgan fingerprint density at radius 3 is 2.92 bits per heavy atom. The highest BCUT2D eigenvalue weighted by atomic mass is 16.5. The number of morpholine rings is 1. The van der Waals surface area contributed by atoms with Crippen LogP contribution in [0.4, 0.5) is 0 Å². The smallest absolute Gasteiger partial charge is 0.274 e. The zero-order valence-corrected chi connectivity index (χ0v) is 13.5. The van der Waals surface area contributed by atoms with Crippen molar-refractivity contribution in [2.45, 2.75) is 19.5 Å². The van der Waals surface area contributed by atoms with Gasteiger partial charge in [-0.05, 0) is 12.3 Å². The summed E-state index contributed by atoms with van der Waals surface area (Å²) in [5, 5.41) is 0. The Labute approximate surface area is 138 Å². The molecule has 1 aromatic rings. The Morgan fingerprint density at radius 1 is 1.38 bits per heavy atom. The van der Waals surface area contributed by atoms with Gasteiger partial charge in [-0.1, -0.05) is 0 Å². The van der Waals surface area contributed by atoms with Gasteiger partial charge in [0.05, 0.1) is 13.2 Å². The van der Waals surface area contributed by atoms with E-state index >= 15 is 0 Å². The third-order valence-electron chi connectivity index (χ3n) is 4.97. The van der Waals surface area contributed by atoms with Crippen molar-refractivity contribution in [3.05, 3.63) is 33.7 Å². The second-order valence-electron chi connectivity index (χ2n) is 6.59. The van der Waals surface area contributed by atoms with Gasteiger partial charge in [0.2, 0.25) is 5.91 Å². The maximum absolute atomic E-state index is 12.9. The van der Waals surface area contributed by atoms with E-state index in [0.717, 1.165) is 0 Å². The number of rotatable bonds is 2. The molecule has 2 saturated heterocycles. The lowest BCUT2D eigenvalue weighted by Gasteiger charge is -2.42. The van der Waals surface area contributed by atoms with Gasteiger partial charge in [-0.3, -0.25) is 19.1 Å². The van der Waals surface area contributed by atoms with E-state index in [2.05, 4.69) is 5.43 Å². The van der Waals surface area contributed by atoms with Gasteiger partial charge in [0.25, 0.3) is 5.91 Å². The third kappa shape index (κ3) is 2.37. The maximum Gasteiger partial charge on any atom is 0.274 e. The highest BCUT2D eigenvalue weighted by Crippen LogP contribution is 2.24. The Kier molecular flexibility index (Phi) is 3.56. The van der Waals surface area contributed by atoms with Crippen molar-refractivity contribution in [3.63, 3.8) is 0 Å². The summed E-state index contributed by atoms with van der Waals surface area (Å²) in [6.07, 6.45) is 1.92. The zero-order chi connectivity index (χ0) is 16.8. The van der Waals surface area contributed by atoms with Crippen LogP contribution in [0.1, 0.15) is 23.0 Å². The summed E-state index contributed by atoms with van der Waals surface area (Å²) in [7, 11) is 0. The number of hydrogen-bond acceptors (Lipinski definition) is 5. The first-order valence-corrected chi connectivity index (χ1v) is 8.20. The van der Waals surface area contributed by atoms with Crippen molar-refractivity contribution >= 4 is 11.8 Å². The number of pyridine rings is 1. The number of ether oxygens (including phenoxy) is 1. The second kappa shape index (κ2) is 5.62. The van der Waals surface area contributed by atoms with E-state index in [9.17, 15) is 14.4 Å². The van der Waals surface area contributed by atoms with E-state index in [-0.39, 0.29) is 29.3 Å². The molecule has 0 aliphatic carbocycles. The molecular weight excluding hydrogens is 312 g/mol. The molecule has 8 heteroatoms. The topological polar surface area (TPSA) is 83.9 Å². The molecular formula is C16H20N4O4. The molecule has 1 aromatic heterocycles. The van der Waals surface area contributed by atoms with Crippen LogP contribution in [0, 0.1) is 5.92 Å². The number of hydrogen-bond donors (Lipinski definition) is 1. The fraction of sp³-hybridized carbons (Fsp3) is 0.562. The summed E-state index contributed by atoms with van der Waals surface area (Å²) < 4.78 is 7.06. The van der Waals surface area contributed by atoms with E-state index < -0.39 is 0 Å². The van der Waals surface area contributed by atoms with Gasteiger partial charge in [-0.2, -0.15) is 0 Å². The van der Waals surface area contributed by atoms with Gasteiger partial charge < -0.3 is 20.0 Å². The first-order chi connectivity index (χ1) is 11.5. The van der Waals surface area contributed by atoms with Gasteiger partial charge in [-0.25, -0.2) is 0 Å². The van der Waals surface area contributed by atoms with Gasteiger partial charge in [0, 0.05) is 44.4 Å². The van der Waals surface area contributed by atoms with Gasteiger partial charge in [-0.15, -0.1) is 0 Å². The van der Waals surface area contributed by atoms with E-state index in [1.54, 1.807) is 27.6 Å². The average Bonchev–Trinajstić information content (AvgIpc) is 2.52. The molecule has 8 nitrogen and oxygen atoms in total. The standard InChI is InChI=1S/C16H20N4O4/c1-10(21)18-7-11(8-18)6-12-13(22)2-3-20-15(12)16(23)19-4-5-24-9-14(19)17-20/h2-3,11,14,17H,4-9H2,1H3/t14-/m0/s1. The first-order valence-electron chi connectivity index (χ1n) is 8.20. The van der Waals surface area contributed by atoms with Crippen LogP contribution in [0.25, 0.3) is 0 Å². The zero-order valence-electron chi connectivity index (χ0n) is 13.5. The number of carbonyl (C=O) groups is 2. The summed E-state index contributed by atoms with van der Waals surface area (Å²) in [6.45, 7) is 4.28. The Hall–Kier alpha value is -2.35. The Bertz CT molecular complexity index is 753. The van der Waals surface area contributed by atoms with Gasteiger partial charge >= 0.3 is 0 Å². The Morgan fingerprint density at radius 2 is 2.17 bits per heavy atom. The molecule has 2 amide bonds. The average molecular weight is 332 g/mol. The highest BCUT2D eigenvalue weighted by molar-refractivity contribution is 5.95. The number of carbonyl (C=O) groups excluding carboxylic acids is 2. The van der Waals surface area contributed by atoms with Crippen molar-refractivity contribution in [2.75, 3.05) is 38.3 Å². The first kappa shape index (κ1) is 15.2. The van der Waals surface area contributed by atoms with Crippen LogP contribution >= 0.6 is 0 Å². The lowest BCUT2D eigenvalue weighted by molar-refractivity contribution is -0.134. The number of aromatic nitrogens is 1. The van der Waals surface area contributed by atoms with Crippen LogP contribution in [-0.2, 0) is 16.0 Å². The van der Waals surface area contributed by atoms with E-state index in [0.29, 0.717) is 50.5 Å². The maximum atomic E-state index is 12.9. The van der Waals surface area contributed by atoms with Crippen LogP contribution in [0.5, 0.6) is 0 Å². The minimum Gasteiger partial charge on any atom is -0.375 e. The fourth-order valence-corrected chi connectivity index (χ4v) is 3.61. The molecule has 0 radical (unpaired) electrons. The number of likely N-dealkylation sites (tertiary alicyclic amines) is 1. The molecule has 4 rings (SSSR count). The van der Waals surface area contributed by atoms with E-state index in [1.165, 1.54) is 6.07 Å². The van der Waals surface area contributed by atoms with Gasteiger partial charge in [0.15, 0.2) is 5.43 Å². The number of nitrogens with one attached hydrogen (secondary N) is 1. The molecule has 3 aliphatic rings. The summed E-state index contributed by atoms with van der Waals surface area (Å²) in [4.78, 5) is 40.0. The molecule has 128 valence electrons. The molecule has 24 heavy (non-hydrogen) atoms. The summed E-state index contributed by atoms with van der Waals surface area (Å²) in [5.74, 6) is 0.147. The largest absolute Gasteiger partial charge is 0.375 e. The van der Waals surface area contributed by atoms with E-state index in [4.69, 9.17) is 4.74 Å². The highest BCUT2D eigenvalue weighted by Gasteiger charge is 2.37. The fourth-order valence-electron chi connectivity index (χ4n) is 3.61. The quantitative estimate of drug-likeness (QED) is 0.768. The third-order valence-corrected chi connectivity index (χ3v) is 4.97. The predicted molar refractivity (Wildman–Crippen MR) is 85.2 cm³/mol. The summed E-state index contributed by atoms with van der Waals surface area (Å²) >= 11 is 0. The van der Waals surface area contributed by atoms with Crippen LogP contribution < -0.4 is 10.9 Å². The van der Waals surface area contributed by atoms with Crippen LogP contribution in [0.15, 0.2) is 17.1 Å². The number of amides is 2. The predicted octanol–water partition coefficient (Wildman–Crippen LogP) is -0.775. The van der Waals surface area contributed by atoms with Crippen molar-refractivity contribution in [1.82, 2.24) is 14.5 Å². The molecule has 1 N–H and O–H groups in total.